The Kier molecular flexibility index (Phi) is 4.15. The van der Waals surface area contributed by atoms with E-state index >= 15 is 0 Å². The molecule has 0 aliphatic carbocycles. The molecule has 116 valence electrons. The van der Waals surface area contributed by atoms with E-state index in [0.717, 1.165) is 6.54 Å². The molecule has 7 heteroatoms. The molecule has 2 heterocycles. The van der Waals surface area contributed by atoms with Gasteiger partial charge in [-0.25, -0.2) is 4.39 Å². The van der Waals surface area contributed by atoms with Crippen molar-refractivity contribution in [3.05, 3.63) is 42.2 Å². The van der Waals surface area contributed by atoms with Crippen LogP contribution < -0.4 is 4.90 Å². The van der Waals surface area contributed by atoms with Crippen molar-refractivity contribution in [1.82, 2.24) is 19.8 Å². The van der Waals surface area contributed by atoms with Gasteiger partial charge in [0.25, 0.3) is 0 Å². The zero-order chi connectivity index (χ0) is 16.2. The van der Waals surface area contributed by atoms with Crippen LogP contribution in [0.25, 0.3) is 17.0 Å². The Morgan fingerprint density at radius 3 is 2.78 bits per heavy atom. The Hall–Kier alpha value is -3.01. The molecule has 0 amide bonds. The molecule has 0 bridgehead atoms. The molecule has 0 atom stereocenters. The number of hydrogen-bond acceptors (Lipinski definition) is 5. The summed E-state index contributed by atoms with van der Waals surface area (Å²) in [6.45, 7) is 3.30. The quantitative estimate of drug-likeness (QED) is 0.724. The van der Waals surface area contributed by atoms with Crippen LogP contribution in [0, 0.1) is 17.1 Å². The first kappa shape index (κ1) is 14.9. The van der Waals surface area contributed by atoms with Gasteiger partial charge >= 0.3 is 0 Å². The second-order valence-corrected chi connectivity index (χ2v) is 4.95. The zero-order valence-corrected chi connectivity index (χ0v) is 12.6. The fraction of sp³-hybridized carbons (Fsp3) is 0.250. The number of hydrogen-bond donors (Lipinski definition) is 0. The molecule has 0 fully saturated rings. The molecular weight excluding hydrogens is 295 g/mol. The molecule has 23 heavy (non-hydrogen) atoms. The van der Waals surface area contributed by atoms with Crippen LogP contribution in [0.15, 0.2) is 36.4 Å². The van der Waals surface area contributed by atoms with Crippen LogP contribution in [0.1, 0.15) is 13.3 Å². The van der Waals surface area contributed by atoms with Gasteiger partial charge in [0.1, 0.15) is 11.6 Å². The Balaban J connectivity index is 2.07. The van der Waals surface area contributed by atoms with E-state index in [1.807, 2.05) is 17.9 Å². The molecule has 3 aromatic rings. The van der Waals surface area contributed by atoms with Crippen molar-refractivity contribution in [2.24, 2.45) is 0 Å². The van der Waals surface area contributed by atoms with Crippen LogP contribution in [0.3, 0.4) is 0 Å². The van der Waals surface area contributed by atoms with Crippen LogP contribution in [0.5, 0.6) is 0 Å². The van der Waals surface area contributed by atoms with Crippen LogP contribution >= 0.6 is 0 Å². The van der Waals surface area contributed by atoms with Gasteiger partial charge in [0, 0.05) is 13.1 Å². The first-order chi connectivity index (χ1) is 11.2. The lowest BCUT2D eigenvalue weighted by Crippen LogP contribution is -2.25. The van der Waals surface area contributed by atoms with E-state index in [2.05, 4.69) is 21.4 Å². The predicted octanol–water partition coefficient (Wildman–Crippen LogP) is 2.67. The Morgan fingerprint density at radius 1 is 1.22 bits per heavy atom. The molecule has 0 aliphatic heterocycles. The summed E-state index contributed by atoms with van der Waals surface area (Å²) in [5, 5.41) is 21.4. The number of benzene rings is 1. The van der Waals surface area contributed by atoms with E-state index in [4.69, 9.17) is 5.26 Å². The summed E-state index contributed by atoms with van der Waals surface area (Å²) in [5.41, 5.74) is 0.896. The Bertz CT molecular complexity index is 866. The summed E-state index contributed by atoms with van der Waals surface area (Å²) < 4.78 is 15.5. The highest BCUT2D eigenvalue weighted by atomic mass is 19.1. The highest BCUT2D eigenvalue weighted by Gasteiger charge is 2.15. The third-order valence-corrected chi connectivity index (χ3v) is 3.56. The van der Waals surface area contributed by atoms with Gasteiger partial charge in [0.15, 0.2) is 11.5 Å². The van der Waals surface area contributed by atoms with Crippen LogP contribution in [-0.4, -0.2) is 32.9 Å². The lowest BCUT2D eigenvalue weighted by Gasteiger charge is -2.20. The summed E-state index contributed by atoms with van der Waals surface area (Å²) in [7, 11) is 0. The molecule has 0 N–H and O–H groups in total. The maximum Gasteiger partial charge on any atom is 0.188 e. The van der Waals surface area contributed by atoms with Gasteiger partial charge in [0.05, 0.1) is 18.1 Å². The number of halogens is 1. The molecule has 0 saturated heterocycles. The Labute approximate surface area is 132 Å². The molecule has 0 radical (unpaired) electrons. The van der Waals surface area contributed by atoms with Crippen molar-refractivity contribution < 1.29 is 4.39 Å². The molecule has 0 aliphatic rings. The van der Waals surface area contributed by atoms with Crippen molar-refractivity contribution in [3.63, 3.8) is 0 Å². The van der Waals surface area contributed by atoms with E-state index in [0.29, 0.717) is 35.8 Å². The smallest absolute Gasteiger partial charge is 0.188 e. The third-order valence-electron chi connectivity index (χ3n) is 3.56. The first-order valence-corrected chi connectivity index (χ1v) is 7.34. The van der Waals surface area contributed by atoms with E-state index in [-0.39, 0.29) is 5.82 Å². The van der Waals surface area contributed by atoms with Crippen molar-refractivity contribution in [2.45, 2.75) is 13.3 Å². The average molecular weight is 310 g/mol. The average Bonchev–Trinajstić information content (AvgIpc) is 2.99. The summed E-state index contributed by atoms with van der Waals surface area (Å²) in [6.07, 6.45) is 0.413. The fourth-order valence-corrected chi connectivity index (χ4v) is 2.38. The largest absolute Gasteiger partial charge is 0.354 e. The van der Waals surface area contributed by atoms with Gasteiger partial charge in [-0.2, -0.15) is 9.78 Å². The number of fused-ring (bicyclic) bond motifs is 1. The van der Waals surface area contributed by atoms with Gasteiger partial charge in [-0.05, 0) is 31.2 Å². The maximum atomic E-state index is 14.0. The normalized spacial score (nSPS) is 10.7. The Morgan fingerprint density at radius 2 is 2.04 bits per heavy atom. The topological polar surface area (TPSA) is 70.1 Å². The van der Waals surface area contributed by atoms with Crippen molar-refractivity contribution in [2.75, 3.05) is 18.0 Å². The first-order valence-electron chi connectivity index (χ1n) is 7.34. The van der Waals surface area contributed by atoms with Crippen molar-refractivity contribution >= 4 is 11.5 Å². The van der Waals surface area contributed by atoms with Crippen LogP contribution in [0.2, 0.25) is 0 Å². The summed E-state index contributed by atoms with van der Waals surface area (Å²) >= 11 is 0. The molecule has 3 rings (SSSR count). The maximum absolute atomic E-state index is 14.0. The summed E-state index contributed by atoms with van der Waals surface area (Å²) in [4.78, 5) is 1.98. The molecule has 0 spiro atoms. The lowest BCUT2D eigenvalue weighted by molar-refractivity contribution is 0.629. The molecular formula is C16H15FN6. The van der Waals surface area contributed by atoms with Gasteiger partial charge < -0.3 is 4.90 Å². The number of nitriles is 1. The minimum atomic E-state index is -0.370. The van der Waals surface area contributed by atoms with E-state index in [1.54, 1.807) is 24.3 Å². The SMILES string of the molecule is CCN(CCC#N)c1ccc2nnc(-c3ccccc3F)n2n1. The number of aromatic nitrogens is 4. The molecule has 0 unspecified atom stereocenters. The minimum Gasteiger partial charge on any atom is -0.354 e. The number of nitrogens with zero attached hydrogens (tertiary/aromatic N) is 6. The van der Waals surface area contributed by atoms with Crippen LogP contribution in [-0.2, 0) is 0 Å². The van der Waals surface area contributed by atoms with E-state index in [9.17, 15) is 4.39 Å². The van der Waals surface area contributed by atoms with Crippen molar-refractivity contribution in [1.29, 1.82) is 5.26 Å². The van der Waals surface area contributed by atoms with Gasteiger partial charge in [-0.15, -0.1) is 15.3 Å². The summed E-state index contributed by atoms with van der Waals surface area (Å²) in [6, 6.07) is 12.1. The lowest BCUT2D eigenvalue weighted by atomic mass is 10.2. The molecule has 1 aromatic carbocycles. The standard InChI is InChI=1S/C16H15FN6/c1-2-22(11-5-10-18)15-9-8-14-19-20-16(23(14)21-15)12-6-3-4-7-13(12)17/h3-4,6-9H,2,5,11H2,1H3. The van der Waals surface area contributed by atoms with E-state index in [1.165, 1.54) is 10.6 Å². The van der Waals surface area contributed by atoms with Crippen molar-refractivity contribution in [3.8, 4) is 17.5 Å². The highest BCUT2D eigenvalue weighted by Crippen LogP contribution is 2.22. The van der Waals surface area contributed by atoms with Gasteiger partial charge in [0.2, 0.25) is 0 Å². The number of rotatable bonds is 5. The molecule has 2 aromatic heterocycles. The highest BCUT2D eigenvalue weighted by molar-refractivity contribution is 5.60. The zero-order valence-electron chi connectivity index (χ0n) is 12.6. The summed E-state index contributed by atoms with van der Waals surface area (Å²) in [5.74, 6) is 0.690. The predicted molar refractivity (Wildman–Crippen MR) is 84.3 cm³/mol. The second-order valence-electron chi connectivity index (χ2n) is 4.95. The molecule has 0 saturated carbocycles. The van der Waals surface area contributed by atoms with E-state index < -0.39 is 0 Å². The fourth-order valence-electron chi connectivity index (χ4n) is 2.38. The monoisotopic (exact) mass is 310 g/mol. The van der Waals surface area contributed by atoms with Crippen LogP contribution in [0.4, 0.5) is 10.2 Å². The molecule has 6 nitrogen and oxygen atoms in total. The third kappa shape index (κ3) is 2.83. The second kappa shape index (κ2) is 6.40. The number of anilines is 1. The minimum absolute atomic E-state index is 0.352. The van der Waals surface area contributed by atoms with Gasteiger partial charge in [-0.3, -0.25) is 0 Å². The van der Waals surface area contributed by atoms with Gasteiger partial charge in [-0.1, -0.05) is 12.1 Å².